The second kappa shape index (κ2) is 3.22. The highest BCUT2D eigenvalue weighted by Crippen LogP contribution is 2.33. The fourth-order valence-corrected chi connectivity index (χ4v) is 3.79. The van der Waals surface area contributed by atoms with Gasteiger partial charge in [-0.25, -0.2) is 8.42 Å². The summed E-state index contributed by atoms with van der Waals surface area (Å²) < 4.78 is 25.1. The molecular weight excluding hydrogens is 188 g/mol. The van der Waals surface area contributed by atoms with Gasteiger partial charge in [0, 0.05) is 6.54 Å². The molecule has 1 aliphatic heterocycles. The second-order valence-corrected chi connectivity index (χ2v) is 6.08. The molecule has 13 heavy (non-hydrogen) atoms. The molecule has 0 spiro atoms. The van der Waals surface area contributed by atoms with Gasteiger partial charge in [-0.15, -0.1) is 0 Å². The zero-order chi connectivity index (χ0) is 9.47. The zero-order valence-corrected chi connectivity index (χ0v) is 8.46. The van der Waals surface area contributed by atoms with Crippen molar-refractivity contribution in [2.75, 3.05) is 6.54 Å². The van der Waals surface area contributed by atoms with Gasteiger partial charge in [0.2, 0.25) is 10.0 Å². The number of hydrogen-bond donors (Lipinski definition) is 1. The van der Waals surface area contributed by atoms with E-state index in [4.69, 9.17) is 5.73 Å². The summed E-state index contributed by atoms with van der Waals surface area (Å²) in [6.45, 7) is 0.625. The van der Waals surface area contributed by atoms with Crippen LogP contribution in [0, 0.1) is 0 Å². The molecule has 2 fully saturated rings. The van der Waals surface area contributed by atoms with Crippen LogP contribution in [0.3, 0.4) is 0 Å². The summed E-state index contributed by atoms with van der Waals surface area (Å²) >= 11 is 0. The standard InChI is InChI=1S/C8H16N2O2S/c9-8-3-1-2-6-10(8)13(11,12)7-4-5-7/h7-8H,1-6,9H2. The van der Waals surface area contributed by atoms with E-state index in [1.807, 2.05) is 0 Å². The molecule has 1 atom stereocenters. The third kappa shape index (κ3) is 1.73. The summed E-state index contributed by atoms with van der Waals surface area (Å²) in [6.07, 6.45) is 4.21. The lowest BCUT2D eigenvalue weighted by atomic mass is 10.1. The Bertz CT molecular complexity index is 285. The molecule has 2 rings (SSSR count). The fraction of sp³-hybridized carbons (Fsp3) is 1.00. The minimum absolute atomic E-state index is 0.114. The molecule has 1 aliphatic carbocycles. The first-order valence-electron chi connectivity index (χ1n) is 4.88. The number of hydrogen-bond acceptors (Lipinski definition) is 3. The quantitative estimate of drug-likeness (QED) is 0.701. The van der Waals surface area contributed by atoms with Crippen molar-refractivity contribution in [3.8, 4) is 0 Å². The Labute approximate surface area is 79.1 Å². The molecule has 0 radical (unpaired) electrons. The molecule has 76 valence electrons. The first-order chi connectivity index (χ1) is 6.12. The van der Waals surface area contributed by atoms with Gasteiger partial charge in [-0.1, -0.05) is 0 Å². The maximum atomic E-state index is 11.8. The highest BCUT2D eigenvalue weighted by molar-refractivity contribution is 7.90. The average molecular weight is 204 g/mol. The Hall–Kier alpha value is -0.130. The lowest BCUT2D eigenvalue weighted by molar-refractivity contribution is 0.257. The van der Waals surface area contributed by atoms with Gasteiger partial charge in [0.25, 0.3) is 0 Å². The van der Waals surface area contributed by atoms with Crippen molar-refractivity contribution in [2.24, 2.45) is 5.73 Å². The van der Waals surface area contributed by atoms with Crippen molar-refractivity contribution in [2.45, 2.75) is 43.5 Å². The van der Waals surface area contributed by atoms with Crippen molar-refractivity contribution in [1.29, 1.82) is 0 Å². The fourth-order valence-electron chi connectivity index (χ4n) is 1.80. The Kier molecular flexibility index (Phi) is 2.33. The number of nitrogens with zero attached hydrogens (tertiary/aromatic N) is 1. The van der Waals surface area contributed by atoms with Crippen LogP contribution in [0.15, 0.2) is 0 Å². The Morgan fingerprint density at radius 1 is 1.15 bits per heavy atom. The van der Waals surface area contributed by atoms with Crippen LogP contribution < -0.4 is 5.73 Å². The lowest BCUT2D eigenvalue weighted by Gasteiger charge is -2.31. The smallest absolute Gasteiger partial charge is 0.218 e. The normalized spacial score (nSPS) is 31.9. The zero-order valence-electron chi connectivity index (χ0n) is 7.65. The average Bonchev–Trinajstić information content (AvgIpc) is 2.86. The maximum Gasteiger partial charge on any atom is 0.218 e. The molecule has 0 amide bonds. The summed E-state index contributed by atoms with van der Waals surface area (Å²) in [5.74, 6) is 0. The van der Waals surface area contributed by atoms with Gasteiger partial charge in [-0.05, 0) is 32.1 Å². The molecule has 2 N–H and O–H groups in total. The van der Waals surface area contributed by atoms with Crippen molar-refractivity contribution in [3.63, 3.8) is 0 Å². The van der Waals surface area contributed by atoms with E-state index in [0.717, 1.165) is 32.1 Å². The molecule has 1 saturated carbocycles. The third-order valence-electron chi connectivity index (χ3n) is 2.77. The molecule has 5 heteroatoms. The van der Waals surface area contributed by atoms with E-state index in [-0.39, 0.29) is 11.4 Å². The molecule has 0 aromatic carbocycles. The van der Waals surface area contributed by atoms with Crippen LogP contribution in [0.2, 0.25) is 0 Å². The minimum Gasteiger partial charge on any atom is -0.315 e. The molecule has 0 bridgehead atoms. The summed E-state index contributed by atoms with van der Waals surface area (Å²) in [5.41, 5.74) is 5.78. The van der Waals surface area contributed by atoms with E-state index in [1.54, 1.807) is 0 Å². The number of sulfonamides is 1. The molecule has 1 unspecified atom stereocenters. The van der Waals surface area contributed by atoms with Crippen LogP contribution in [0.5, 0.6) is 0 Å². The first kappa shape index (κ1) is 9.43. The third-order valence-corrected chi connectivity index (χ3v) is 5.19. The molecule has 0 aromatic heterocycles. The van der Waals surface area contributed by atoms with Crippen LogP contribution in [-0.4, -0.2) is 30.7 Å². The van der Waals surface area contributed by atoms with Crippen LogP contribution in [-0.2, 0) is 10.0 Å². The van der Waals surface area contributed by atoms with Crippen LogP contribution in [0.25, 0.3) is 0 Å². The SMILES string of the molecule is NC1CCCCN1S(=O)(=O)C1CC1. The van der Waals surface area contributed by atoms with Crippen LogP contribution in [0.4, 0.5) is 0 Å². The number of rotatable bonds is 2. The van der Waals surface area contributed by atoms with Gasteiger partial charge >= 0.3 is 0 Å². The second-order valence-electron chi connectivity index (χ2n) is 3.92. The highest BCUT2D eigenvalue weighted by Gasteiger charge is 2.42. The highest BCUT2D eigenvalue weighted by atomic mass is 32.2. The number of piperidine rings is 1. The van der Waals surface area contributed by atoms with Gasteiger partial charge < -0.3 is 5.73 Å². The summed E-state index contributed by atoms with van der Waals surface area (Å²) in [5, 5.41) is -0.114. The molecule has 0 aromatic rings. The Morgan fingerprint density at radius 3 is 2.38 bits per heavy atom. The van der Waals surface area contributed by atoms with Crippen LogP contribution in [0.1, 0.15) is 32.1 Å². The molecule has 1 saturated heterocycles. The van der Waals surface area contributed by atoms with Crippen molar-refractivity contribution >= 4 is 10.0 Å². The van der Waals surface area contributed by atoms with E-state index in [2.05, 4.69) is 0 Å². The van der Waals surface area contributed by atoms with Crippen molar-refractivity contribution in [3.05, 3.63) is 0 Å². The van der Waals surface area contributed by atoms with E-state index >= 15 is 0 Å². The van der Waals surface area contributed by atoms with Gasteiger partial charge in [0.1, 0.15) is 0 Å². The van der Waals surface area contributed by atoms with Crippen molar-refractivity contribution in [1.82, 2.24) is 4.31 Å². The van der Waals surface area contributed by atoms with Gasteiger partial charge in [-0.2, -0.15) is 4.31 Å². The summed E-state index contributed by atoms with van der Waals surface area (Å²) in [4.78, 5) is 0. The molecule has 2 aliphatic rings. The minimum atomic E-state index is -3.03. The van der Waals surface area contributed by atoms with E-state index in [1.165, 1.54) is 4.31 Å². The van der Waals surface area contributed by atoms with Gasteiger partial charge in [-0.3, -0.25) is 0 Å². The Morgan fingerprint density at radius 2 is 1.85 bits per heavy atom. The summed E-state index contributed by atoms with van der Waals surface area (Å²) in [7, 11) is -3.03. The van der Waals surface area contributed by atoms with Gasteiger partial charge in [0.15, 0.2) is 0 Å². The first-order valence-corrected chi connectivity index (χ1v) is 6.39. The largest absolute Gasteiger partial charge is 0.315 e. The summed E-state index contributed by atoms with van der Waals surface area (Å²) in [6, 6.07) is 0. The Balaban J connectivity index is 2.13. The van der Waals surface area contributed by atoms with Crippen LogP contribution >= 0.6 is 0 Å². The predicted octanol–water partition coefficient (Wildman–Crippen LogP) is 0.249. The number of nitrogens with two attached hydrogens (primary N) is 1. The van der Waals surface area contributed by atoms with Crippen molar-refractivity contribution < 1.29 is 8.42 Å². The van der Waals surface area contributed by atoms with E-state index in [9.17, 15) is 8.42 Å². The van der Waals surface area contributed by atoms with E-state index < -0.39 is 10.0 Å². The predicted molar refractivity (Wildman–Crippen MR) is 50.5 cm³/mol. The van der Waals surface area contributed by atoms with Gasteiger partial charge in [0.05, 0.1) is 11.4 Å². The lowest BCUT2D eigenvalue weighted by Crippen LogP contribution is -2.49. The topological polar surface area (TPSA) is 63.4 Å². The molecular formula is C8H16N2O2S. The maximum absolute atomic E-state index is 11.8. The molecule has 4 nitrogen and oxygen atoms in total. The van der Waals surface area contributed by atoms with E-state index in [0.29, 0.717) is 6.54 Å². The monoisotopic (exact) mass is 204 g/mol. The molecule has 1 heterocycles.